The topological polar surface area (TPSA) is 119 Å². The third kappa shape index (κ3) is 4.53. The van der Waals surface area contributed by atoms with E-state index in [2.05, 4.69) is 35.4 Å². The van der Waals surface area contributed by atoms with Crippen LogP contribution in [-0.4, -0.2) is 67.3 Å². The lowest BCUT2D eigenvalue weighted by molar-refractivity contribution is 0.425. The molecule has 2 aromatic carbocycles. The van der Waals surface area contributed by atoms with E-state index < -0.39 is 0 Å². The van der Waals surface area contributed by atoms with Crippen molar-refractivity contribution < 1.29 is 9.50 Å². The minimum Gasteiger partial charge on any atom is -0.506 e. The van der Waals surface area contributed by atoms with E-state index in [1.807, 2.05) is 44.4 Å². The number of fused-ring (bicyclic) bond motifs is 2. The number of pyridine rings is 2. The van der Waals surface area contributed by atoms with E-state index in [1.165, 1.54) is 18.3 Å². The monoisotopic (exact) mass is 508 g/mol. The largest absolute Gasteiger partial charge is 0.506 e. The predicted molar refractivity (Wildman–Crippen MR) is 146 cm³/mol. The Hall–Kier alpha value is -4.83. The molecule has 4 heterocycles. The molecule has 0 aliphatic heterocycles. The van der Waals surface area contributed by atoms with E-state index in [0.29, 0.717) is 40.5 Å². The molecule has 190 valence electrons. The maximum atomic E-state index is 14.6. The summed E-state index contributed by atoms with van der Waals surface area (Å²) < 4.78 is 14.6. The van der Waals surface area contributed by atoms with Crippen LogP contribution in [0.4, 0.5) is 10.1 Å². The highest BCUT2D eigenvalue weighted by molar-refractivity contribution is 5.97. The van der Waals surface area contributed by atoms with Gasteiger partial charge < -0.3 is 20.3 Å². The van der Waals surface area contributed by atoms with Gasteiger partial charge in [0.25, 0.3) is 0 Å². The fourth-order valence-corrected chi connectivity index (χ4v) is 4.49. The van der Waals surface area contributed by atoms with Gasteiger partial charge in [-0.05, 0) is 67.7 Å². The minimum absolute atomic E-state index is 0.0966. The first-order valence-corrected chi connectivity index (χ1v) is 12.1. The number of benzene rings is 2. The standard InChI is InChI=1S/C28H25FN8O/c1-37(2)8-7-31-20-10-17(9-19(29)13-20)22-5-6-32-27-25(22)33-28(34-27)26-23-12-16(3-4-24(23)35-36-26)18-11-21(38)15-30-14-18/h3-6,9-15,31,38H,7-8H2,1-2H3,(H,35,36)(H,32,33,34). The summed E-state index contributed by atoms with van der Waals surface area (Å²) in [6, 6.07) is 14.3. The Labute approximate surface area is 217 Å². The predicted octanol–water partition coefficient (Wildman–Crippen LogP) is 5.05. The Morgan fingerprint density at radius 1 is 1.00 bits per heavy atom. The second-order valence-electron chi connectivity index (χ2n) is 9.37. The molecule has 0 radical (unpaired) electrons. The average molecular weight is 509 g/mol. The third-order valence-electron chi connectivity index (χ3n) is 6.33. The van der Waals surface area contributed by atoms with E-state index in [1.54, 1.807) is 18.5 Å². The molecular weight excluding hydrogens is 483 g/mol. The van der Waals surface area contributed by atoms with Gasteiger partial charge in [0.2, 0.25) is 0 Å². The highest BCUT2D eigenvalue weighted by Gasteiger charge is 2.17. The number of anilines is 1. The molecule has 6 aromatic rings. The molecule has 0 amide bonds. The molecule has 0 fully saturated rings. The van der Waals surface area contributed by atoms with E-state index in [-0.39, 0.29) is 11.6 Å². The van der Waals surface area contributed by atoms with Gasteiger partial charge in [-0.15, -0.1) is 0 Å². The summed E-state index contributed by atoms with van der Waals surface area (Å²) >= 11 is 0. The van der Waals surface area contributed by atoms with Crippen molar-refractivity contribution >= 4 is 27.8 Å². The van der Waals surface area contributed by atoms with Gasteiger partial charge in [-0.25, -0.2) is 14.4 Å². The van der Waals surface area contributed by atoms with Crippen LogP contribution in [0.5, 0.6) is 5.75 Å². The maximum absolute atomic E-state index is 14.6. The van der Waals surface area contributed by atoms with Crippen LogP contribution in [0, 0.1) is 5.82 Å². The molecule has 4 aromatic heterocycles. The summed E-state index contributed by atoms with van der Waals surface area (Å²) in [6.45, 7) is 1.53. The van der Waals surface area contributed by atoms with Crippen LogP contribution < -0.4 is 5.32 Å². The molecule has 9 nitrogen and oxygen atoms in total. The molecular formula is C28H25FN8O. The Kier molecular flexibility index (Phi) is 5.93. The molecule has 10 heteroatoms. The highest BCUT2D eigenvalue weighted by atomic mass is 19.1. The number of halogens is 1. The molecule has 0 saturated heterocycles. The van der Waals surface area contributed by atoms with E-state index >= 15 is 0 Å². The van der Waals surface area contributed by atoms with Gasteiger partial charge >= 0.3 is 0 Å². The second-order valence-corrected chi connectivity index (χ2v) is 9.37. The molecule has 0 bridgehead atoms. The van der Waals surface area contributed by atoms with Crippen molar-refractivity contribution in [2.75, 3.05) is 32.5 Å². The first-order chi connectivity index (χ1) is 18.4. The van der Waals surface area contributed by atoms with Crippen LogP contribution >= 0.6 is 0 Å². The van der Waals surface area contributed by atoms with Gasteiger partial charge in [0.15, 0.2) is 11.5 Å². The van der Waals surface area contributed by atoms with Crippen molar-refractivity contribution in [3.63, 3.8) is 0 Å². The van der Waals surface area contributed by atoms with Crippen molar-refractivity contribution in [1.82, 2.24) is 35.0 Å². The fraction of sp³-hybridized carbons (Fsp3) is 0.143. The van der Waals surface area contributed by atoms with Crippen LogP contribution in [0.15, 0.2) is 67.1 Å². The van der Waals surface area contributed by atoms with Crippen molar-refractivity contribution in [3.05, 3.63) is 72.9 Å². The molecule has 0 aliphatic carbocycles. The average Bonchev–Trinajstić information content (AvgIpc) is 3.51. The Bertz CT molecular complexity index is 1770. The normalized spacial score (nSPS) is 11.6. The van der Waals surface area contributed by atoms with Crippen LogP contribution in [0.1, 0.15) is 0 Å². The number of likely N-dealkylation sites (N-methyl/N-ethyl adjacent to an activating group) is 1. The van der Waals surface area contributed by atoms with Crippen LogP contribution in [0.25, 0.3) is 55.8 Å². The summed E-state index contributed by atoms with van der Waals surface area (Å²) in [4.78, 5) is 18.6. The number of H-pyrrole nitrogens is 2. The first-order valence-electron chi connectivity index (χ1n) is 12.1. The lowest BCUT2D eigenvalue weighted by Crippen LogP contribution is -2.20. The van der Waals surface area contributed by atoms with Gasteiger partial charge in [-0.1, -0.05) is 6.07 Å². The van der Waals surface area contributed by atoms with Crippen molar-refractivity contribution in [1.29, 1.82) is 0 Å². The number of nitrogens with one attached hydrogen (secondary N) is 3. The highest BCUT2D eigenvalue weighted by Crippen LogP contribution is 2.34. The molecule has 0 spiro atoms. The van der Waals surface area contributed by atoms with Gasteiger partial charge in [0.05, 0.1) is 17.2 Å². The lowest BCUT2D eigenvalue weighted by Gasteiger charge is -2.13. The van der Waals surface area contributed by atoms with Crippen molar-refractivity contribution in [2.24, 2.45) is 0 Å². The van der Waals surface area contributed by atoms with Crippen molar-refractivity contribution in [3.8, 4) is 39.5 Å². The van der Waals surface area contributed by atoms with Gasteiger partial charge in [-0.3, -0.25) is 10.1 Å². The Morgan fingerprint density at radius 2 is 1.89 bits per heavy atom. The lowest BCUT2D eigenvalue weighted by atomic mass is 10.0. The van der Waals surface area contributed by atoms with Gasteiger partial charge in [0.1, 0.15) is 17.3 Å². The number of aromatic hydroxyl groups is 1. The van der Waals surface area contributed by atoms with Gasteiger partial charge in [-0.2, -0.15) is 5.10 Å². The van der Waals surface area contributed by atoms with E-state index in [0.717, 1.165) is 34.1 Å². The quantitative estimate of drug-likeness (QED) is 0.238. The summed E-state index contributed by atoms with van der Waals surface area (Å²) in [5.41, 5.74) is 6.54. The van der Waals surface area contributed by atoms with Crippen LogP contribution in [0.3, 0.4) is 0 Å². The molecule has 38 heavy (non-hydrogen) atoms. The molecule has 6 rings (SSSR count). The Balaban J connectivity index is 1.40. The minimum atomic E-state index is -0.327. The molecule has 4 N–H and O–H groups in total. The van der Waals surface area contributed by atoms with Crippen LogP contribution in [0.2, 0.25) is 0 Å². The summed E-state index contributed by atoms with van der Waals surface area (Å²) in [5.74, 6) is 0.309. The zero-order valence-corrected chi connectivity index (χ0v) is 20.8. The van der Waals surface area contributed by atoms with E-state index in [4.69, 9.17) is 4.98 Å². The van der Waals surface area contributed by atoms with Crippen LogP contribution in [-0.2, 0) is 0 Å². The molecule has 0 aliphatic rings. The fourth-order valence-electron chi connectivity index (χ4n) is 4.49. The smallest absolute Gasteiger partial charge is 0.178 e. The molecule has 0 saturated carbocycles. The number of hydrogen-bond acceptors (Lipinski definition) is 7. The number of aromatic nitrogens is 6. The van der Waals surface area contributed by atoms with Crippen molar-refractivity contribution in [2.45, 2.75) is 0 Å². The number of nitrogens with zero attached hydrogens (tertiary/aromatic N) is 5. The first kappa shape index (κ1) is 23.6. The number of rotatable bonds is 7. The Morgan fingerprint density at radius 3 is 2.74 bits per heavy atom. The summed E-state index contributed by atoms with van der Waals surface area (Å²) in [6.07, 6.45) is 4.76. The number of imidazole rings is 1. The zero-order valence-electron chi connectivity index (χ0n) is 20.8. The SMILES string of the molecule is CN(C)CCNc1cc(F)cc(-c2ccnc3nc(-c4n[nH]c5ccc(-c6cncc(O)c6)cc45)[nH]c23)c1. The van der Waals surface area contributed by atoms with Gasteiger partial charge in [0, 0.05) is 47.7 Å². The molecule has 0 atom stereocenters. The zero-order chi connectivity index (χ0) is 26.2. The summed E-state index contributed by atoms with van der Waals surface area (Å²) in [5, 5.41) is 21.5. The second kappa shape index (κ2) is 9.56. The maximum Gasteiger partial charge on any atom is 0.178 e. The third-order valence-corrected chi connectivity index (χ3v) is 6.33. The summed E-state index contributed by atoms with van der Waals surface area (Å²) in [7, 11) is 3.99. The number of aromatic amines is 2. The van der Waals surface area contributed by atoms with E-state index in [9.17, 15) is 9.50 Å². The molecule has 0 unspecified atom stereocenters. The number of hydrogen-bond donors (Lipinski definition) is 4.